The molecule has 1 aromatic heterocycles. The van der Waals surface area contributed by atoms with Crippen LogP contribution in [-0.4, -0.2) is 28.5 Å². The molecule has 1 heterocycles. The normalized spacial score (nSPS) is 10.9. The van der Waals surface area contributed by atoms with Gasteiger partial charge in [0.15, 0.2) is 5.82 Å². The number of halogens is 2. The molecule has 0 fully saturated rings. The summed E-state index contributed by atoms with van der Waals surface area (Å²) in [5.41, 5.74) is 0.218. The van der Waals surface area contributed by atoms with Gasteiger partial charge in [-0.1, -0.05) is 6.42 Å². The lowest BCUT2D eigenvalue weighted by molar-refractivity contribution is 0.192. The molecule has 0 unspecified atom stereocenters. The van der Waals surface area contributed by atoms with Crippen molar-refractivity contribution in [2.45, 2.75) is 25.7 Å². The maximum absolute atomic E-state index is 13.7. The van der Waals surface area contributed by atoms with E-state index in [1.807, 2.05) is 0 Å². The second-order valence-electron chi connectivity index (χ2n) is 4.49. The van der Waals surface area contributed by atoms with Gasteiger partial charge in [0.2, 0.25) is 0 Å². The largest absolute Gasteiger partial charge is 0.385 e. The Labute approximate surface area is 116 Å². The van der Waals surface area contributed by atoms with Gasteiger partial charge in [-0.05, 0) is 25.0 Å². The number of hydrogen-bond donors (Lipinski definition) is 0. The number of aromatic nitrogens is 3. The zero-order valence-electron chi connectivity index (χ0n) is 11.4. The van der Waals surface area contributed by atoms with Crippen molar-refractivity contribution in [2.24, 2.45) is 0 Å². The van der Waals surface area contributed by atoms with Crippen molar-refractivity contribution in [3.8, 4) is 5.69 Å². The Hall–Kier alpha value is -1.82. The van der Waals surface area contributed by atoms with E-state index in [0.717, 1.165) is 31.9 Å². The summed E-state index contributed by atoms with van der Waals surface area (Å²) in [6.07, 6.45) is 4.99. The SMILES string of the molecule is COCCCCCc1ncnn1-c1ccc(F)cc1F. The number of rotatable bonds is 7. The van der Waals surface area contributed by atoms with Crippen LogP contribution >= 0.6 is 0 Å². The van der Waals surface area contributed by atoms with Gasteiger partial charge in [0, 0.05) is 26.2 Å². The Bertz CT molecular complexity index is 557. The van der Waals surface area contributed by atoms with Crippen molar-refractivity contribution >= 4 is 0 Å². The highest BCUT2D eigenvalue weighted by atomic mass is 19.1. The average Bonchev–Trinajstić information content (AvgIpc) is 2.87. The maximum atomic E-state index is 13.7. The molecule has 2 aromatic rings. The van der Waals surface area contributed by atoms with E-state index in [1.165, 1.54) is 23.1 Å². The predicted octanol–water partition coefficient (Wildman–Crippen LogP) is 2.90. The highest BCUT2D eigenvalue weighted by Crippen LogP contribution is 2.16. The summed E-state index contributed by atoms with van der Waals surface area (Å²) in [6.45, 7) is 0.735. The van der Waals surface area contributed by atoms with Crippen molar-refractivity contribution in [3.05, 3.63) is 42.0 Å². The maximum Gasteiger partial charge on any atom is 0.151 e. The van der Waals surface area contributed by atoms with Crippen molar-refractivity contribution in [3.63, 3.8) is 0 Å². The molecule has 0 saturated heterocycles. The minimum atomic E-state index is -0.642. The number of methoxy groups -OCH3 is 1. The van der Waals surface area contributed by atoms with Crippen molar-refractivity contribution < 1.29 is 13.5 Å². The first-order valence-corrected chi connectivity index (χ1v) is 6.55. The van der Waals surface area contributed by atoms with Gasteiger partial charge in [-0.25, -0.2) is 18.4 Å². The van der Waals surface area contributed by atoms with E-state index in [1.54, 1.807) is 7.11 Å². The first kappa shape index (κ1) is 14.6. The van der Waals surface area contributed by atoms with Crippen LogP contribution in [0.2, 0.25) is 0 Å². The fourth-order valence-electron chi connectivity index (χ4n) is 2.00. The van der Waals surface area contributed by atoms with Gasteiger partial charge in [0.25, 0.3) is 0 Å². The van der Waals surface area contributed by atoms with Crippen molar-refractivity contribution in [1.82, 2.24) is 14.8 Å². The molecule has 6 heteroatoms. The molecule has 4 nitrogen and oxygen atoms in total. The van der Waals surface area contributed by atoms with Gasteiger partial charge in [0.05, 0.1) is 0 Å². The van der Waals surface area contributed by atoms with Gasteiger partial charge >= 0.3 is 0 Å². The van der Waals surface area contributed by atoms with Crippen molar-refractivity contribution in [2.75, 3.05) is 13.7 Å². The number of ether oxygens (including phenoxy) is 1. The Morgan fingerprint density at radius 3 is 2.80 bits per heavy atom. The van der Waals surface area contributed by atoms with Crippen molar-refractivity contribution in [1.29, 1.82) is 0 Å². The lowest BCUT2D eigenvalue weighted by atomic mass is 10.2. The lowest BCUT2D eigenvalue weighted by Gasteiger charge is -2.07. The minimum absolute atomic E-state index is 0.218. The van der Waals surface area contributed by atoms with E-state index in [2.05, 4.69) is 10.1 Å². The van der Waals surface area contributed by atoms with Gasteiger partial charge in [-0.15, -0.1) is 0 Å². The Morgan fingerprint density at radius 2 is 2.05 bits per heavy atom. The molecule has 0 aliphatic rings. The fourth-order valence-corrected chi connectivity index (χ4v) is 2.00. The van der Waals surface area contributed by atoms with Crippen LogP contribution in [-0.2, 0) is 11.2 Å². The molecule has 108 valence electrons. The molecule has 0 aliphatic carbocycles. The summed E-state index contributed by atoms with van der Waals surface area (Å²) in [5.74, 6) is -0.573. The number of benzene rings is 1. The van der Waals surface area contributed by atoms with E-state index < -0.39 is 11.6 Å². The number of unbranched alkanes of at least 4 members (excludes halogenated alkanes) is 2. The number of nitrogens with zero attached hydrogens (tertiary/aromatic N) is 3. The quantitative estimate of drug-likeness (QED) is 0.733. The van der Waals surface area contributed by atoms with Crippen LogP contribution in [0, 0.1) is 11.6 Å². The van der Waals surface area contributed by atoms with Crippen LogP contribution in [0.4, 0.5) is 8.78 Å². The molecular formula is C14H17F2N3O. The summed E-state index contributed by atoms with van der Waals surface area (Å²) in [5, 5.41) is 4.01. The zero-order valence-corrected chi connectivity index (χ0v) is 11.4. The Balaban J connectivity index is 2.04. The summed E-state index contributed by atoms with van der Waals surface area (Å²) in [6, 6.07) is 3.43. The molecule has 0 saturated carbocycles. The summed E-state index contributed by atoms with van der Waals surface area (Å²) in [4.78, 5) is 4.13. The average molecular weight is 281 g/mol. The van der Waals surface area contributed by atoms with Gasteiger partial charge in [0.1, 0.15) is 23.7 Å². The molecule has 0 spiro atoms. The van der Waals surface area contributed by atoms with E-state index in [9.17, 15) is 8.78 Å². The van der Waals surface area contributed by atoms with Crippen LogP contribution in [0.25, 0.3) is 5.69 Å². The molecule has 0 atom stereocenters. The van der Waals surface area contributed by atoms with Crippen LogP contribution in [0.5, 0.6) is 0 Å². The third-order valence-electron chi connectivity index (χ3n) is 3.01. The van der Waals surface area contributed by atoms with Gasteiger partial charge in [-0.2, -0.15) is 5.10 Å². The zero-order chi connectivity index (χ0) is 14.4. The second kappa shape index (κ2) is 7.09. The molecule has 1 aromatic carbocycles. The van der Waals surface area contributed by atoms with Gasteiger partial charge in [-0.3, -0.25) is 0 Å². The smallest absolute Gasteiger partial charge is 0.151 e. The predicted molar refractivity (Wildman–Crippen MR) is 70.7 cm³/mol. The van der Waals surface area contributed by atoms with E-state index in [0.29, 0.717) is 12.2 Å². The molecule has 0 aliphatic heterocycles. The first-order chi connectivity index (χ1) is 9.72. The van der Waals surface area contributed by atoms with Crippen LogP contribution in [0.1, 0.15) is 25.1 Å². The molecule has 0 N–H and O–H groups in total. The first-order valence-electron chi connectivity index (χ1n) is 6.55. The third kappa shape index (κ3) is 3.60. The second-order valence-corrected chi connectivity index (χ2v) is 4.49. The highest BCUT2D eigenvalue weighted by Gasteiger charge is 2.11. The number of hydrogen-bond acceptors (Lipinski definition) is 3. The van der Waals surface area contributed by atoms with Crippen LogP contribution < -0.4 is 0 Å². The van der Waals surface area contributed by atoms with E-state index in [-0.39, 0.29) is 5.69 Å². The third-order valence-corrected chi connectivity index (χ3v) is 3.01. The lowest BCUT2D eigenvalue weighted by Crippen LogP contribution is -2.06. The Morgan fingerprint density at radius 1 is 1.20 bits per heavy atom. The topological polar surface area (TPSA) is 39.9 Å². The molecule has 0 bridgehead atoms. The van der Waals surface area contributed by atoms with Crippen LogP contribution in [0.3, 0.4) is 0 Å². The molecule has 0 amide bonds. The number of aryl methyl sites for hydroxylation is 1. The van der Waals surface area contributed by atoms with Crippen LogP contribution in [0.15, 0.2) is 24.5 Å². The Kier molecular flexibility index (Phi) is 5.17. The fraction of sp³-hybridized carbons (Fsp3) is 0.429. The van der Waals surface area contributed by atoms with Gasteiger partial charge < -0.3 is 4.74 Å². The molecular weight excluding hydrogens is 264 g/mol. The molecule has 0 radical (unpaired) electrons. The summed E-state index contributed by atoms with van der Waals surface area (Å²) >= 11 is 0. The monoisotopic (exact) mass is 281 g/mol. The standard InChI is InChI=1S/C14H17F2N3O/c1-20-8-4-2-3-5-14-17-10-18-19(14)13-7-6-11(15)9-12(13)16/h6-7,9-10H,2-5,8H2,1H3. The molecule has 2 rings (SSSR count). The minimum Gasteiger partial charge on any atom is -0.385 e. The van der Waals surface area contributed by atoms with E-state index >= 15 is 0 Å². The van der Waals surface area contributed by atoms with E-state index in [4.69, 9.17) is 4.74 Å². The summed E-state index contributed by atoms with van der Waals surface area (Å²) in [7, 11) is 1.67. The molecule has 20 heavy (non-hydrogen) atoms. The summed E-state index contributed by atoms with van der Waals surface area (Å²) < 4.78 is 33.1. The highest BCUT2D eigenvalue weighted by molar-refractivity contribution is 5.33.